The Hall–Kier alpha value is -4.58. The molecule has 11 nitrogen and oxygen atoms in total. The van der Waals surface area contributed by atoms with E-state index < -0.39 is 0 Å². The van der Waals surface area contributed by atoms with Crippen molar-refractivity contribution in [2.45, 2.75) is 57.7 Å². The zero-order valence-corrected chi connectivity index (χ0v) is 30.6. The number of hydrogen-bond donors (Lipinski definition) is 1. The van der Waals surface area contributed by atoms with Gasteiger partial charge in [0.15, 0.2) is 0 Å². The van der Waals surface area contributed by atoms with Crippen molar-refractivity contribution in [2.75, 3.05) is 41.0 Å². The highest BCUT2D eigenvalue weighted by Gasteiger charge is 2.31. The van der Waals surface area contributed by atoms with Crippen LogP contribution in [-0.4, -0.2) is 72.6 Å². The molecule has 1 saturated carbocycles. The van der Waals surface area contributed by atoms with Crippen molar-refractivity contribution in [3.63, 3.8) is 0 Å². The number of likely N-dealkylation sites (tertiary alicyclic amines) is 1. The Kier molecular flexibility index (Phi) is 11.0. The van der Waals surface area contributed by atoms with E-state index in [9.17, 15) is 9.59 Å². The molecule has 0 bridgehead atoms. The first-order valence-corrected chi connectivity index (χ1v) is 18.3. The maximum absolute atomic E-state index is 12.0. The van der Waals surface area contributed by atoms with E-state index in [1.54, 1.807) is 20.4 Å². The molecule has 3 aliphatic rings. The van der Waals surface area contributed by atoms with E-state index in [0.717, 1.165) is 72.3 Å². The number of methoxy groups -OCH3 is 3. The third-order valence-electron chi connectivity index (χ3n) is 10.4. The van der Waals surface area contributed by atoms with Gasteiger partial charge in [0.05, 0.1) is 44.2 Å². The lowest BCUT2D eigenvalue weighted by atomic mass is 9.94. The molecule has 0 radical (unpaired) electrons. The van der Waals surface area contributed by atoms with E-state index in [2.05, 4.69) is 32.3 Å². The summed E-state index contributed by atoms with van der Waals surface area (Å²) in [5.74, 6) is 1.79. The number of fused-ring (bicyclic) bond motifs is 1. The van der Waals surface area contributed by atoms with Crippen molar-refractivity contribution in [1.29, 1.82) is 0 Å². The molecule has 0 spiro atoms. The first-order chi connectivity index (χ1) is 25.3. The van der Waals surface area contributed by atoms with Crippen LogP contribution >= 0.6 is 11.6 Å². The number of hydrogen-bond acceptors (Lipinski definition) is 11. The zero-order valence-electron chi connectivity index (χ0n) is 29.8. The molecule has 2 fully saturated rings. The fourth-order valence-corrected chi connectivity index (χ4v) is 8.06. The molecule has 7 rings (SSSR count). The van der Waals surface area contributed by atoms with Crippen molar-refractivity contribution in [3.8, 4) is 40.0 Å². The molecule has 2 aromatic carbocycles. The van der Waals surface area contributed by atoms with Crippen LogP contribution in [0.2, 0.25) is 5.02 Å². The van der Waals surface area contributed by atoms with E-state index >= 15 is 0 Å². The molecule has 3 heterocycles. The van der Waals surface area contributed by atoms with Crippen LogP contribution in [-0.2, 0) is 33.8 Å². The number of rotatable bonds is 13. The van der Waals surface area contributed by atoms with Crippen LogP contribution in [0.1, 0.15) is 60.6 Å². The standard InChI is InChI=1S/C40H44ClN5O6/c1-49-38-25(20-42-19-24-10-12-27(47)18-24)11-14-33(44-38)32-9-5-8-31(37(32)41)28-6-4-7-30-29(28)13-15-35(30)52-36-21-43-34(39(45-36)50-2)23-46-17-16-26(22-46)40(48)51-3/h4-9,11,14,21,24,26,35,42H,10,12-13,15-20,22-23H2,1-3H3/t24-,26-,35+/m1/s1. The Morgan fingerprint density at radius 3 is 2.54 bits per heavy atom. The van der Waals surface area contributed by atoms with E-state index in [1.807, 2.05) is 36.4 Å². The van der Waals surface area contributed by atoms with E-state index in [-0.39, 0.29) is 18.0 Å². The minimum atomic E-state index is -0.206. The highest BCUT2D eigenvalue weighted by molar-refractivity contribution is 6.36. The summed E-state index contributed by atoms with van der Waals surface area (Å²) in [5.41, 5.74) is 7.46. The normalized spacial score (nSPS) is 19.8. The fraction of sp³-hybridized carbons (Fsp3) is 0.425. The number of nitrogens with one attached hydrogen (secondary N) is 1. The van der Waals surface area contributed by atoms with E-state index in [1.165, 1.54) is 12.7 Å². The lowest BCUT2D eigenvalue weighted by Crippen LogP contribution is -2.24. The number of carbonyl (C=O) groups excluding carboxylic acids is 2. The summed E-state index contributed by atoms with van der Waals surface area (Å²) < 4.78 is 22.7. The van der Waals surface area contributed by atoms with Gasteiger partial charge >= 0.3 is 5.97 Å². The van der Waals surface area contributed by atoms with Gasteiger partial charge in [0, 0.05) is 49.2 Å². The van der Waals surface area contributed by atoms with Gasteiger partial charge < -0.3 is 24.3 Å². The van der Waals surface area contributed by atoms with Gasteiger partial charge in [0.25, 0.3) is 0 Å². The lowest BCUT2D eigenvalue weighted by molar-refractivity contribution is -0.145. The summed E-state index contributed by atoms with van der Waals surface area (Å²) in [4.78, 5) is 39.9. The Labute approximate surface area is 309 Å². The molecule has 2 aromatic heterocycles. The van der Waals surface area contributed by atoms with Crippen molar-refractivity contribution in [1.82, 2.24) is 25.2 Å². The van der Waals surface area contributed by atoms with Gasteiger partial charge in [0.1, 0.15) is 17.6 Å². The van der Waals surface area contributed by atoms with Crippen molar-refractivity contribution >= 4 is 23.4 Å². The minimum absolute atomic E-state index is 0.127. The van der Waals surface area contributed by atoms with Crippen molar-refractivity contribution < 1.29 is 28.5 Å². The van der Waals surface area contributed by atoms with Gasteiger partial charge in [-0.05, 0) is 67.4 Å². The molecule has 2 aliphatic carbocycles. The number of halogens is 1. The third kappa shape index (κ3) is 7.62. The average molecular weight is 726 g/mol. The van der Waals surface area contributed by atoms with Crippen molar-refractivity contribution in [2.24, 2.45) is 11.8 Å². The van der Waals surface area contributed by atoms with E-state index in [0.29, 0.717) is 72.5 Å². The summed E-state index contributed by atoms with van der Waals surface area (Å²) in [6.07, 6.45) is 6.10. The van der Waals surface area contributed by atoms with Gasteiger partial charge in [-0.3, -0.25) is 14.5 Å². The molecular weight excluding hydrogens is 682 g/mol. The summed E-state index contributed by atoms with van der Waals surface area (Å²) in [6, 6.07) is 16.3. The molecule has 0 unspecified atom stereocenters. The number of Topliss-reactive ketones (excluding diaryl/α,β-unsaturated/α-hetero) is 1. The maximum atomic E-state index is 12.0. The number of benzene rings is 2. The SMILES string of the molecule is COC(=O)[C@@H]1CCN(Cc2ncc(O[C@H]3CCc4c(-c5cccc(-c6ccc(CNC[C@@H]7CCC(=O)C7)c(OC)n6)c5Cl)cccc43)nc2OC)C1. The second-order valence-electron chi connectivity index (χ2n) is 13.7. The summed E-state index contributed by atoms with van der Waals surface area (Å²) in [7, 11) is 4.63. The van der Waals surface area contributed by atoms with E-state index in [4.69, 9.17) is 35.5 Å². The molecule has 1 saturated heterocycles. The molecule has 0 amide bonds. The number of aromatic nitrogens is 3. The third-order valence-corrected chi connectivity index (χ3v) is 10.8. The Bertz CT molecular complexity index is 1960. The number of nitrogens with zero attached hydrogens (tertiary/aromatic N) is 4. The first-order valence-electron chi connectivity index (χ1n) is 17.9. The molecule has 1 N–H and O–H groups in total. The van der Waals surface area contributed by atoms with Crippen LogP contribution in [0, 0.1) is 11.8 Å². The molecule has 4 aromatic rings. The molecule has 3 atom stereocenters. The Balaban J connectivity index is 1.06. The second kappa shape index (κ2) is 16.0. The number of ketones is 1. The highest BCUT2D eigenvalue weighted by atomic mass is 35.5. The lowest BCUT2D eigenvalue weighted by Gasteiger charge is -2.18. The molecule has 52 heavy (non-hydrogen) atoms. The van der Waals surface area contributed by atoms with Crippen LogP contribution in [0.4, 0.5) is 0 Å². The van der Waals surface area contributed by atoms with Crippen LogP contribution in [0.3, 0.4) is 0 Å². The van der Waals surface area contributed by atoms with Gasteiger partial charge in [-0.2, -0.15) is 4.98 Å². The molecule has 12 heteroatoms. The van der Waals surface area contributed by atoms with Crippen molar-refractivity contribution in [3.05, 3.63) is 82.1 Å². The monoisotopic (exact) mass is 725 g/mol. The topological polar surface area (TPSA) is 125 Å². The fourth-order valence-electron chi connectivity index (χ4n) is 7.74. The summed E-state index contributed by atoms with van der Waals surface area (Å²) in [6.45, 7) is 3.31. The predicted molar refractivity (Wildman–Crippen MR) is 196 cm³/mol. The molecule has 272 valence electrons. The first kappa shape index (κ1) is 35.8. The van der Waals surface area contributed by atoms with Crippen LogP contribution in [0.25, 0.3) is 22.4 Å². The van der Waals surface area contributed by atoms with Gasteiger partial charge in [-0.25, -0.2) is 9.97 Å². The maximum Gasteiger partial charge on any atom is 0.310 e. The Morgan fingerprint density at radius 2 is 1.75 bits per heavy atom. The number of pyridine rings is 1. The number of esters is 1. The molecular formula is C40H44ClN5O6. The smallest absolute Gasteiger partial charge is 0.310 e. The quantitative estimate of drug-likeness (QED) is 0.154. The largest absolute Gasteiger partial charge is 0.481 e. The van der Waals surface area contributed by atoms with Crippen LogP contribution in [0.15, 0.2) is 54.7 Å². The summed E-state index contributed by atoms with van der Waals surface area (Å²) >= 11 is 7.18. The minimum Gasteiger partial charge on any atom is -0.481 e. The Morgan fingerprint density at radius 1 is 0.942 bits per heavy atom. The van der Waals surface area contributed by atoms with Crippen LogP contribution < -0.4 is 19.5 Å². The van der Waals surface area contributed by atoms with Gasteiger partial charge in [-0.15, -0.1) is 0 Å². The van der Waals surface area contributed by atoms with Gasteiger partial charge in [0.2, 0.25) is 17.6 Å². The average Bonchev–Trinajstić information content (AvgIpc) is 3.92. The summed E-state index contributed by atoms with van der Waals surface area (Å²) in [5, 5.41) is 4.09. The highest BCUT2D eigenvalue weighted by Crippen LogP contribution is 2.44. The second-order valence-corrected chi connectivity index (χ2v) is 14.1. The number of ether oxygens (including phenoxy) is 4. The zero-order chi connectivity index (χ0) is 36.2. The predicted octanol–water partition coefficient (Wildman–Crippen LogP) is 6.40. The molecule has 1 aliphatic heterocycles. The van der Waals surface area contributed by atoms with Gasteiger partial charge in [-0.1, -0.05) is 54.1 Å². The number of carbonyl (C=O) groups is 2. The van der Waals surface area contributed by atoms with Crippen LogP contribution in [0.5, 0.6) is 17.6 Å².